The van der Waals surface area contributed by atoms with Crippen molar-refractivity contribution in [3.05, 3.63) is 42.0 Å². The van der Waals surface area contributed by atoms with Gasteiger partial charge in [0.25, 0.3) is 10.1 Å². The van der Waals surface area contributed by atoms with Gasteiger partial charge in [0.05, 0.1) is 19.1 Å². The number of methoxy groups -OCH3 is 2. The maximum atomic E-state index is 11.4. The van der Waals surface area contributed by atoms with Crippen LogP contribution >= 0.6 is 0 Å². The van der Waals surface area contributed by atoms with Gasteiger partial charge in [0.15, 0.2) is 0 Å². The number of benzene rings is 3. The molecule has 3 rings (SSSR count). The Labute approximate surface area is 134 Å². The molecule has 0 unspecified atom stereocenters. The Balaban J connectivity index is 2.59. The van der Waals surface area contributed by atoms with Crippen molar-refractivity contribution in [3.63, 3.8) is 0 Å². The molecule has 0 saturated heterocycles. The molecule has 6 heteroatoms. The molecule has 0 fully saturated rings. The molecule has 5 nitrogen and oxygen atoms in total. The number of ether oxygens (including phenoxy) is 2. The first-order chi connectivity index (χ1) is 10.9. The van der Waals surface area contributed by atoms with Gasteiger partial charge in [-0.05, 0) is 30.7 Å². The van der Waals surface area contributed by atoms with Crippen LogP contribution in [0.4, 0.5) is 0 Å². The average molecular weight is 332 g/mol. The lowest BCUT2D eigenvalue weighted by Gasteiger charge is -2.16. The van der Waals surface area contributed by atoms with Gasteiger partial charge in [-0.3, -0.25) is 4.55 Å². The minimum absolute atomic E-state index is 0.183. The molecule has 0 heterocycles. The fourth-order valence-electron chi connectivity index (χ4n) is 2.94. The molecule has 0 bridgehead atoms. The summed E-state index contributed by atoms with van der Waals surface area (Å²) in [6, 6.07) is 10.1. The third kappa shape index (κ3) is 2.40. The van der Waals surface area contributed by atoms with Crippen molar-refractivity contribution in [2.24, 2.45) is 0 Å². The Morgan fingerprint density at radius 3 is 2.22 bits per heavy atom. The van der Waals surface area contributed by atoms with E-state index < -0.39 is 10.1 Å². The van der Waals surface area contributed by atoms with Gasteiger partial charge < -0.3 is 9.47 Å². The summed E-state index contributed by atoms with van der Waals surface area (Å²) >= 11 is 0. The lowest BCUT2D eigenvalue weighted by molar-refractivity contribution is 0.417. The Hall–Kier alpha value is -2.31. The Morgan fingerprint density at radius 2 is 1.61 bits per heavy atom. The molecule has 0 atom stereocenters. The molecule has 0 amide bonds. The summed E-state index contributed by atoms with van der Waals surface area (Å²) in [5.74, 6) is 1.20. The summed E-state index contributed by atoms with van der Waals surface area (Å²) in [6.45, 7) is 1.97. The molecule has 3 aromatic rings. The van der Waals surface area contributed by atoms with Gasteiger partial charge in [0.1, 0.15) is 11.5 Å². The molecular formula is C17H16O5S. The molecule has 120 valence electrons. The second kappa shape index (κ2) is 5.40. The molecule has 0 aliphatic heterocycles. The summed E-state index contributed by atoms with van der Waals surface area (Å²) in [5, 5.41) is 3.03. The van der Waals surface area contributed by atoms with Crippen LogP contribution in [-0.4, -0.2) is 27.2 Å². The quantitative estimate of drug-likeness (QED) is 0.586. The van der Waals surface area contributed by atoms with Crippen LogP contribution in [0.3, 0.4) is 0 Å². The summed E-state index contributed by atoms with van der Waals surface area (Å²) in [4.78, 5) is -0.183. The van der Waals surface area contributed by atoms with Crippen molar-refractivity contribution in [1.82, 2.24) is 0 Å². The van der Waals surface area contributed by atoms with Crippen LogP contribution in [0.25, 0.3) is 21.5 Å². The summed E-state index contributed by atoms with van der Waals surface area (Å²) < 4.78 is 43.3. The van der Waals surface area contributed by atoms with E-state index in [0.29, 0.717) is 16.9 Å². The van der Waals surface area contributed by atoms with Gasteiger partial charge in [-0.2, -0.15) is 8.42 Å². The predicted molar refractivity (Wildman–Crippen MR) is 89.1 cm³/mol. The van der Waals surface area contributed by atoms with Crippen molar-refractivity contribution >= 4 is 31.7 Å². The van der Waals surface area contributed by atoms with Crippen molar-refractivity contribution in [1.29, 1.82) is 0 Å². The Kier molecular flexibility index (Phi) is 3.66. The Morgan fingerprint density at radius 1 is 0.913 bits per heavy atom. The van der Waals surface area contributed by atoms with Crippen LogP contribution < -0.4 is 9.47 Å². The topological polar surface area (TPSA) is 72.8 Å². The molecular weight excluding hydrogens is 316 g/mol. The molecule has 0 saturated carbocycles. The van der Waals surface area contributed by atoms with E-state index in [0.717, 1.165) is 21.7 Å². The highest BCUT2D eigenvalue weighted by atomic mass is 32.2. The lowest BCUT2D eigenvalue weighted by Crippen LogP contribution is -1.99. The van der Waals surface area contributed by atoms with Crippen molar-refractivity contribution in [2.45, 2.75) is 11.8 Å². The zero-order valence-corrected chi connectivity index (χ0v) is 13.8. The number of fused-ring (bicyclic) bond motifs is 2. The molecule has 23 heavy (non-hydrogen) atoms. The number of aryl methyl sites for hydroxylation is 1. The van der Waals surface area contributed by atoms with Crippen LogP contribution in [0.1, 0.15) is 5.56 Å². The maximum absolute atomic E-state index is 11.4. The standard InChI is InChI=1S/C17H16O5S/c1-10-5-4-6-13-15(10)17(22-3)12-8-7-11(23(18,19)20)9-14(12)16(13)21-2/h4-9H,1-3H3,(H,18,19,20). The maximum Gasteiger partial charge on any atom is 0.294 e. The van der Waals surface area contributed by atoms with E-state index in [1.165, 1.54) is 19.2 Å². The zero-order chi connectivity index (χ0) is 16.8. The van der Waals surface area contributed by atoms with Crippen LogP contribution in [0.15, 0.2) is 41.3 Å². The minimum Gasteiger partial charge on any atom is -0.495 e. The first-order valence-electron chi connectivity index (χ1n) is 6.93. The monoisotopic (exact) mass is 332 g/mol. The highest BCUT2D eigenvalue weighted by Crippen LogP contribution is 2.44. The molecule has 0 aromatic heterocycles. The van der Waals surface area contributed by atoms with Gasteiger partial charge in [0.2, 0.25) is 0 Å². The Bertz CT molecular complexity index is 1020. The summed E-state index contributed by atoms with van der Waals surface area (Å²) in [7, 11) is -1.19. The van der Waals surface area contributed by atoms with Crippen molar-refractivity contribution in [3.8, 4) is 11.5 Å². The van der Waals surface area contributed by atoms with E-state index in [1.807, 2.05) is 25.1 Å². The van der Waals surface area contributed by atoms with Crippen LogP contribution in [0.5, 0.6) is 11.5 Å². The normalized spacial score (nSPS) is 11.8. The molecule has 1 N–H and O–H groups in total. The second-order valence-corrected chi connectivity index (χ2v) is 6.67. The van der Waals surface area contributed by atoms with Crippen LogP contribution in [0.2, 0.25) is 0 Å². The first kappa shape index (κ1) is 15.6. The van der Waals surface area contributed by atoms with Gasteiger partial charge in [0, 0.05) is 21.5 Å². The first-order valence-corrected chi connectivity index (χ1v) is 8.37. The third-order valence-electron chi connectivity index (χ3n) is 3.93. The third-order valence-corrected chi connectivity index (χ3v) is 4.78. The predicted octanol–water partition coefficient (Wildman–Crippen LogP) is 3.57. The van der Waals surface area contributed by atoms with E-state index in [4.69, 9.17) is 9.47 Å². The molecule has 0 spiro atoms. The summed E-state index contributed by atoms with van der Waals surface area (Å²) in [5.41, 5.74) is 1.03. The van der Waals surface area contributed by atoms with Crippen LogP contribution in [0, 0.1) is 6.92 Å². The lowest BCUT2D eigenvalue weighted by atomic mass is 9.97. The molecule has 3 aromatic carbocycles. The fraction of sp³-hybridized carbons (Fsp3) is 0.176. The fourth-order valence-corrected chi connectivity index (χ4v) is 3.45. The van der Waals surface area contributed by atoms with Gasteiger partial charge in [-0.25, -0.2) is 0 Å². The SMILES string of the molecule is COc1c2cc(S(=O)(=O)O)ccc2c(OC)c2c(C)cccc12. The summed E-state index contributed by atoms with van der Waals surface area (Å²) in [6.07, 6.45) is 0. The van der Waals surface area contributed by atoms with Crippen molar-refractivity contribution < 1.29 is 22.4 Å². The number of rotatable bonds is 3. The van der Waals surface area contributed by atoms with E-state index in [1.54, 1.807) is 13.2 Å². The van der Waals surface area contributed by atoms with Gasteiger partial charge >= 0.3 is 0 Å². The van der Waals surface area contributed by atoms with Crippen LogP contribution in [-0.2, 0) is 10.1 Å². The van der Waals surface area contributed by atoms with E-state index in [9.17, 15) is 13.0 Å². The number of hydrogen-bond acceptors (Lipinski definition) is 4. The molecule has 0 radical (unpaired) electrons. The smallest absolute Gasteiger partial charge is 0.294 e. The van der Waals surface area contributed by atoms with E-state index in [2.05, 4.69) is 0 Å². The van der Waals surface area contributed by atoms with Gasteiger partial charge in [-0.15, -0.1) is 0 Å². The van der Waals surface area contributed by atoms with E-state index in [-0.39, 0.29) is 4.90 Å². The molecule has 0 aliphatic carbocycles. The minimum atomic E-state index is -4.30. The number of hydrogen-bond donors (Lipinski definition) is 1. The van der Waals surface area contributed by atoms with Crippen molar-refractivity contribution in [2.75, 3.05) is 14.2 Å². The average Bonchev–Trinajstić information content (AvgIpc) is 2.51. The zero-order valence-electron chi connectivity index (χ0n) is 13.0. The highest BCUT2D eigenvalue weighted by Gasteiger charge is 2.19. The highest BCUT2D eigenvalue weighted by molar-refractivity contribution is 7.85. The van der Waals surface area contributed by atoms with E-state index >= 15 is 0 Å². The molecule has 0 aliphatic rings. The second-order valence-electron chi connectivity index (χ2n) is 5.25. The van der Waals surface area contributed by atoms with Gasteiger partial charge in [-0.1, -0.05) is 18.2 Å². The largest absolute Gasteiger partial charge is 0.495 e.